The molecule has 0 atom stereocenters. The molecule has 0 radical (unpaired) electrons. The Hall–Kier alpha value is 0.796. The van der Waals surface area contributed by atoms with E-state index < -0.39 is 0 Å². The van der Waals surface area contributed by atoms with Crippen LogP contribution in [-0.4, -0.2) is 0 Å². The van der Waals surface area contributed by atoms with Gasteiger partial charge in [-0.2, -0.15) is 0 Å². The van der Waals surface area contributed by atoms with Crippen molar-refractivity contribution in [1.29, 1.82) is 0 Å². The summed E-state index contributed by atoms with van der Waals surface area (Å²) in [5.41, 5.74) is 0. The van der Waals surface area contributed by atoms with Gasteiger partial charge >= 0.3 is 49.7 Å². The van der Waals surface area contributed by atoms with Gasteiger partial charge in [-0.3, -0.25) is 0 Å². The average Bonchev–Trinajstić information content (AvgIpc) is 2.19. The molecule has 13 heavy (non-hydrogen) atoms. The molecule has 0 aliphatic carbocycles. The summed E-state index contributed by atoms with van der Waals surface area (Å²) in [6.45, 7) is 0. The number of rotatable bonds is 0. The molecule has 0 unspecified atom stereocenters. The van der Waals surface area contributed by atoms with Crippen LogP contribution in [0.5, 0.6) is 0 Å². The molecule has 0 aliphatic rings. The van der Waals surface area contributed by atoms with Gasteiger partial charge in [-0.15, -0.1) is 0 Å². The zero-order chi connectivity index (χ0) is 9.52. The second-order valence-corrected chi connectivity index (χ2v) is 21.0. The van der Waals surface area contributed by atoms with E-state index >= 15 is 0 Å². The monoisotopic (exact) mass is 574 g/mol. The topological polar surface area (TPSA) is 0 Å². The minimum absolute atomic E-state index is 0.357. The number of fused-ring (bicyclic) bond motifs is 1. The van der Waals surface area contributed by atoms with Crippen LogP contribution in [0.2, 0.25) is 0 Å². The third-order valence-electron chi connectivity index (χ3n) is 1.66. The zero-order valence-corrected chi connectivity index (χ0v) is 13.6. The van der Waals surface area contributed by atoms with Crippen molar-refractivity contribution in [2.45, 2.75) is 0 Å². The summed E-state index contributed by atoms with van der Waals surface area (Å²) < 4.78 is 0. The van der Waals surface area contributed by atoms with E-state index in [9.17, 15) is 0 Å². The summed E-state index contributed by atoms with van der Waals surface area (Å²) >= 11 is 4.83. The largest absolute Gasteiger partial charge is 0.0616 e. The molecule has 0 saturated heterocycles. The summed E-state index contributed by atoms with van der Waals surface area (Å²) in [7, 11) is 0.357. The molecule has 70 valence electrons. The molecule has 2 aromatic rings. The predicted octanol–water partition coefficient (Wildman–Crippen LogP) is 4.61. The van der Waals surface area contributed by atoms with Gasteiger partial charge in [0.1, 0.15) is 0 Å². The maximum atomic E-state index is 2.41. The average molecular weight is 572 g/mol. The fourth-order valence-corrected chi connectivity index (χ4v) is 1.13. The molecule has 0 bridgehead atoms. The molecule has 0 aliphatic heterocycles. The first kappa shape index (κ1) is 11.9. The smallest absolute Gasteiger partial charge is 0.0184 e. The van der Waals surface area contributed by atoms with Crippen molar-refractivity contribution in [1.82, 2.24) is 0 Å². The third kappa shape index (κ3) is 4.22. The van der Waals surface area contributed by atoms with Crippen LogP contribution in [0.4, 0.5) is 0 Å². The van der Waals surface area contributed by atoms with Crippen molar-refractivity contribution < 1.29 is 10.3 Å². The summed E-state index contributed by atoms with van der Waals surface area (Å²) in [5, 5.41) is 2.62. The Balaban J connectivity index is 0.000000251. The fourth-order valence-electron chi connectivity index (χ4n) is 1.13. The van der Waals surface area contributed by atoms with Gasteiger partial charge < -0.3 is 0 Å². The van der Waals surface area contributed by atoms with E-state index in [0.29, 0.717) is 10.3 Å². The van der Waals surface area contributed by atoms with Crippen LogP contribution in [0.3, 0.4) is 0 Å². The van der Waals surface area contributed by atoms with Crippen LogP contribution in [0.25, 0.3) is 10.8 Å². The Bertz CT molecular complexity index is 297. The van der Waals surface area contributed by atoms with E-state index in [1.807, 2.05) is 0 Å². The Labute approximate surface area is 107 Å². The van der Waals surface area contributed by atoms with E-state index in [4.69, 9.17) is 0 Å². The van der Waals surface area contributed by atoms with Gasteiger partial charge in [-0.05, 0) is 10.8 Å². The summed E-state index contributed by atoms with van der Waals surface area (Å²) in [4.78, 5) is 0. The van der Waals surface area contributed by atoms with Crippen LogP contribution in [0.15, 0.2) is 48.5 Å². The van der Waals surface area contributed by atoms with Gasteiger partial charge in [0.05, 0.1) is 0 Å². The zero-order valence-electron chi connectivity index (χ0n) is 6.73. The van der Waals surface area contributed by atoms with E-state index in [1.54, 1.807) is 0 Å². The molecular formula is C10H8I2Os. The minimum atomic E-state index is 0.357. The van der Waals surface area contributed by atoms with Crippen molar-refractivity contribution in [3.05, 3.63) is 48.5 Å². The second kappa shape index (κ2) is 7.14. The molecule has 0 nitrogen and oxygen atoms in total. The van der Waals surface area contributed by atoms with Gasteiger partial charge in [-0.1, -0.05) is 48.5 Å². The third-order valence-corrected chi connectivity index (χ3v) is 1.66. The van der Waals surface area contributed by atoms with Crippen molar-refractivity contribution in [2.75, 3.05) is 0 Å². The second-order valence-electron chi connectivity index (χ2n) is 2.40. The maximum Gasteiger partial charge on any atom is -0.0184 e. The predicted molar refractivity (Wildman–Crippen MR) is 72.0 cm³/mol. The van der Waals surface area contributed by atoms with Gasteiger partial charge in [0, 0.05) is 0 Å². The number of halogens is 2. The SMILES string of the molecule is [I][Os][I].c1ccc2ccccc2c1. The molecule has 0 spiro atoms. The first-order valence-corrected chi connectivity index (χ1v) is 18.1. The Morgan fingerprint density at radius 2 is 0.923 bits per heavy atom. The molecule has 2 aromatic carbocycles. The van der Waals surface area contributed by atoms with Gasteiger partial charge in [-0.25, -0.2) is 0 Å². The summed E-state index contributed by atoms with van der Waals surface area (Å²) in [6, 6.07) is 16.7. The molecule has 0 aromatic heterocycles. The number of hydrogen-bond donors (Lipinski definition) is 0. The van der Waals surface area contributed by atoms with E-state index in [1.165, 1.54) is 10.8 Å². The maximum absolute atomic E-state index is 2.41. The van der Waals surface area contributed by atoms with Gasteiger partial charge in [0.25, 0.3) is 0 Å². The Morgan fingerprint density at radius 3 is 1.15 bits per heavy atom. The molecule has 0 fully saturated rings. The molecule has 0 heterocycles. The molecule has 3 heteroatoms. The quantitative estimate of drug-likeness (QED) is 0.405. The van der Waals surface area contributed by atoms with Crippen molar-refractivity contribution in [2.24, 2.45) is 0 Å². The van der Waals surface area contributed by atoms with E-state index in [0.717, 1.165) is 0 Å². The first-order valence-electron chi connectivity index (χ1n) is 3.67. The summed E-state index contributed by atoms with van der Waals surface area (Å²) in [6.07, 6.45) is 0. The molecular weight excluding hydrogens is 564 g/mol. The van der Waals surface area contributed by atoms with Crippen LogP contribution in [0, 0.1) is 0 Å². The molecule has 0 N–H and O–H groups in total. The Kier molecular flexibility index (Phi) is 6.52. The van der Waals surface area contributed by atoms with Crippen LogP contribution in [0.1, 0.15) is 0 Å². The molecule has 2 rings (SSSR count). The standard InChI is InChI=1S/C10H8.2HI.Os/c1-2-6-10-8-4-3-7-9(10)5-1;;;/h1-8H;2*1H;/q;;;+2/p-2. The van der Waals surface area contributed by atoms with Crippen molar-refractivity contribution in [3.63, 3.8) is 0 Å². The van der Waals surface area contributed by atoms with Crippen LogP contribution in [-0.2, 0) is 10.3 Å². The van der Waals surface area contributed by atoms with Crippen LogP contribution < -0.4 is 0 Å². The van der Waals surface area contributed by atoms with E-state index in [-0.39, 0.29) is 0 Å². The first-order chi connectivity index (χ1) is 6.38. The number of hydrogen-bond acceptors (Lipinski definition) is 0. The van der Waals surface area contributed by atoms with Gasteiger partial charge in [0.15, 0.2) is 0 Å². The van der Waals surface area contributed by atoms with Crippen molar-refractivity contribution >= 4 is 50.1 Å². The van der Waals surface area contributed by atoms with E-state index in [2.05, 4.69) is 87.9 Å². The number of benzene rings is 2. The normalized spacial score (nSPS) is 9.38. The minimum Gasteiger partial charge on any atom is -0.0616 e. The van der Waals surface area contributed by atoms with Gasteiger partial charge in [0.2, 0.25) is 0 Å². The fraction of sp³-hybridized carbons (Fsp3) is 0. The Morgan fingerprint density at radius 1 is 0.692 bits per heavy atom. The molecule has 0 amide bonds. The summed E-state index contributed by atoms with van der Waals surface area (Å²) in [5.74, 6) is 0. The van der Waals surface area contributed by atoms with Crippen molar-refractivity contribution in [3.8, 4) is 0 Å². The van der Waals surface area contributed by atoms with Crippen LogP contribution >= 0.6 is 39.3 Å². The molecule has 0 saturated carbocycles.